The number of aromatic amines is 1. The lowest BCUT2D eigenvalue weighted by atomic mass is 10.0. The van der Waals surface area contributed by atoms with Gasteiger partial charge in [-0.3, -0.25) is 4.79 Å². The van der Waals surface area contributed by atoms with Crippen LogP contribution in [0.15, 0.2) is 28.2 Å². The fourth-order valence-electron chi connectivity index (χ4n) is 2.40. The summed E-state index contributed by atoms with van der Waals surface area (Å²) in [4.78, 5) is 19.0. The standard InChI is InChI=1S/C18H20FN3O2S/c1-3-4-5-8-24-11-12-9-13(19)6-7-14(12)16-15(10-20)17(23)22-18(21-16)25-2/h6-7,9H,3-5,8,11H2,1-2H3,(H,21,22,23). The lowest BCUT2D eigenvalue weighted by Crippen LogP contribution is -2.15. The van der Waals surface area contributed by atoms with Gasteiger partial charge in [0.05, 0.1) is 12.3 Å². The van der Waals surface area contributed by atoms with E-state index in [0.717, 1.165) is 19.3 Å². The molecule has 1 aromatic heterocycles. The van der Waals surface area contributed by atoms with Crippen LogP contribution in [0.2, 0.25) is 0 Å². The van der Waals surface area contributed by atoms with Gasteiger partial charge in [0, 0.05) is 12.2 Å². The maximum absolute atomic E-state index is 13.7. The molecule has 1 heterocycles. The zero-order chi connectivity index (χ0) is 18.2. The van der Waals surface area contributed by atoms with Crippen LogP contribution in [0.5, 0.6) is 0 Å². The number of thioether (sulfide) groups is 1. The second kappa shape index (κ2) is 9.35. The van der Waals surface area contributed by atoms with Crippen LogP contribution in [0.4, 0.5) is 4.39 Å². The minimum atomic E-state index is -0.504. The molecule has 1 N–H and O–H groups in total. The number of benzene rings is 1. The number of hydrogen-bond acceptors (Lipinski definition) is 5. The first-order valence-electron chi connectivity index (χ1n) is 8.05. The molecule has 0 saturated carbocycles. The van der Waals surface area contributed by atoms with Gasteiger partial charge < -0.3 is 9.72 Å². The van der Waals surface area contributed by atoms with Crippen molar-refractivity contribution < 1.29 is 9.13 Å². The van der Waals surface area contributed by atoms with Crippen molar-refractivity contribution in [2.45, 2.75) is 37.9 Å². The molecule has 0 aliphatic carbocycles. The van der Waals surface area contributed by atoms with Crippen molar-refractivity contribution in [1.29, 1.82) is 5.26 Å². The van der Waals surface area contributed by atoms with E-state index in [0.29, 0.717) is 22.9 Å². The monoisotopic (exact) mass is 361 g/mol. The van der Waals surface area contributed by atoms with Gasteiger partial charge in [-0.1, -0.05) is 31.5 Å². The Labute approximate surface area is 150 Å². The Hall–Kier alpha value is -2.17. The molecule has 7 heteroatoms. The fourth-order valence-corrected chi connectivity index (χ4v) is 2.77. The molecule has 2 aromatic rings. The number of rotatable bonds is 8. The van der Waals surface area contributed by atoms with Crippen molar-refractivity contribution in [1.82, 2.24) is 9.97 Å². The Balaban J connectivity index is 2.41. The zero-order valence-electron chi connectivity index (χ0n) is 14.3. The van der Waals surface area contributed by atoms with Crippen molar-refractivity contribution in [3.63, 3.8) is 0 Å². The second-order valence-corrected chi connectivity index (χ2v) is 6.27. The van der Waals surface area contributed by atoms with Crippen molar-refractivity contribution in [3.05, 3.63) is 45.5 Å². The third-order valence-electron chi connectivity index (χ3n) is 3.68. The van der Waals surface area contributed by atoms with E-state index in [4.69, 9.17) is 4.74 Å². The predicted octanol–water partition coefficient (Wildman–Crippen LogP) is 3.88. The lowest BCUT2D eigenvalue weighted by molar-refractivity contribution is 0.117. The predicted molar refractivity (Wildman–Crippen MR) is 95.9 cm³/mol. The minimum Gasteiger partial charge on any atom is -0.377 e. The third kappa shape index (κ3) is 4.91. The number of aromatic nitrogens is 2. The van der Waals surface area contributed by atoms with Crippen LogP contribution < -0.4 is 5.56 Å². The van der Waals surface area contributed by atoms with Crippen LogP contribution in [-0.4, -0.2) is 22.8 Å². The first kappa shape index (κ1) is 19.2. The number of unbranched alkanes of at least 4 members (excludes halogenated alkanes) is 2. The number of hydrogen-bond donors (Lipinski definition) is 1. The lowest BCUT2D eigenvalue weighted by Gasteiger charge is -2.12. The van der Waals surface area contributed by atoms with Gasteiger partial charge in [-0.05, 0) is 36.4 Å². The maximum Gasteiger partial charge on any atom is 0.270 e. The van der Waals surface area contributed by atoms with Crippen molar-refractivity contribution in [2.24, 2.45) is 0 Å². The van der Waals surface area contributed by atoms with E-state index in [1.54, 1.807) is 6.26 Å². The molecule has 1 aromatic carbocycles. The van der Waals surface area contributed by atoms with Crippen LogP contribution >= 0.6 is 11.8 Å². The average Bonchev–Trinajstić information content (AvgIpc) is 2.61. The minimum absolute atomic E-state index is 0.0864. The number of nitriles is 1. The first-order valence-corrected chi connectivity index (χ1v) is 9.28. The highest BCUT2D eigenvalue weighted by atomic mass is 32.2. The van der Waals surface area contributed by atoms with Gasteiger partial charge in [0.2, 0.25) is 0 Å². The molecule has 0 aliphatic heterocycles. The maximum atomic E-state index is 13.7. The molecule has 132 valence electrons. The number of nitrogens with one attached hydrogen (secondary N) is 1. The van der Waals surface area contributed by atoms with E-state index in [9.17, 15) is 14.4 Å². The van der Waals surface area contributed by atoms with Crippen molar-refractivity contribution >= 4 is 11.8 Å². The van der Waals surface area contributed by atoms with E-state index in [2.05, 4.69) is 16.9 Å². The van der Waals surface area contributed by atoms with Crippen LogP contribution in [-0.2, 0) is 11.3 Å². The van der Waals surface area contributed by atoms with Gasteiger partial charge in [0.15, 0.2) is 5.16 Å². The van der Waals surface area contributed by atoms with Crippen LogP contribution in [0.25, 0.3) is 11.3 Å². The van der Waals surface area contributed by atoms with Crippen molar-refractivity contribution in [2.75, 3.05) is 12.9 Å². The third-order valence-corrected chi connectivity index (χ3v) is 4.26. The number of ether oxygens (including phenoxy) is 1. The molecule has 25 heavy (non-hydrogen) atoms. The van der Waals surface area contributed by atoms with Crippen LogP contribution in [0, 0.1) is 17.1 Å². The summed E-state index contributed by atoms with van der Waals surface area (Å²) in [5, 5.41) is 9.72. The molecule has 0 unspecified atom stereocenters. The van der Waals surface area contributed by atoms with E-state index in [1.807, 2.05) is 6.07 Å². The highest BCUT2D eigenvalue weighted by molar-refractivity contribution is 7.98. The molecule has 0 saturated heterocycles. The van der Waals surface area contributed by atoms with Gasteiger partial charge in [-0.2, -0.15) is 5.26 Å². The van der Waals surface area contributed by atoms with Crippen molar-refractivity contribution in [3.8, 4) is 17.3 Å². The second-order valence-electron chi connectivity index (χ2n) is 5.47. The number of halogens is 1. The van der Waals surface area contributed by atoms with E-state index in [1.165, 1.54) is 30.0 Å². The summed E-state index contributed by atoms with van der Waals surface area (Å²) in [6.45, 7) is 2.88. The number of H-pyrrole nitrogens is 1. The van der Waals surface area contributed by atoms with Gasteiger partial charge >= 0.3 is 0 Å². The smallest absolute Gasteiger partial charge is 0.270 e. The molecule has 0 radical (unpaired) electrons. The number of nitrogens with zero attached hydrogens (tertiary/aromatic N) is 2. The molecular formula is C18H20FN3O2S. The van der Waals surface area contributed by atoms with Crippen LogP contribution in [0.3, 0.4) is 0 Å². The summed E-state index contributed by atoms with van der Waals surface area (Å²) < 4.78 is 19.3. The molecule has 0 bridgehead atoms. The molecule has 0 atom stereocenters. The summed E-state index contributed by atoms with van der Waals surface area (Å²) in [6, 6.07) is 6.07. The first-order chi connectivity index (χ1) is 12.1. The van der Waals surface area contributed by atoms with Gasteiger partial charge in [0.1, 0.15) is 17.4 Å². The summed E-state index contributed by atoms with van der Waals surface area (Å²) >= 11 is 1.27. The van der Waals surface area contributed by atoms with Gasteiger partial charge in [-0.25, -0.2) is 9.37 Å². The molecular weight excluding hydrogens is 341 g/mol. The highest BCUT2D eigenvalue weighted by Gasteiger charge is 2.17. The molecule has 0 amide bonds. The SMILES string of the molecule is CCCCCOCc1cc(F)ccc1-c1nc(SC)[nH]c(=O)c1C#N. The Morgan fingerprint density at radius 3 is 2.88 bits per heavy atom. The largest absolute Gasteiger partial charge is 0.377 e. The van der Waals surface area contributed by atoms with E-state index >= 15 is 0 Å². The van der Waals surface area contributed by atoms with E-state index in [-0.39, 0.29) is 17.9 Å². The zero-order valence-corrected chi connectivity index (χ0v) is 15.1. The Morgan fingerprint density at radius 1 is 1.40 bits per heavy atom. The normalized spacial score (nSPS) is 10.6. The molecule has 0 fully saturated rings. The Bertz CT molecular complexity index is 830. The molecule has 0 spiro atoms. The molecule has 2 rings (SSSR count). The van der Waals surface area contributed by atoms with Crippen LogP contribution in [0.1, 0.15) is 37.3 Å². The van der Waals surface area contributed by atoms with E-state index < -0.39 is 11.4 Å². The topological polar surface area (TPSA) is 78.8 Å². The quantitative estimate of drug-likeness (QED) is 0.438. The fraction of sp³-hybridized carbons (Fsp3) is 0.389. The summed E-state index contributed by atoms with van der Waals surface area (Å²) in [6.07, 6.45) is 4.87. The summed E-state index contributed by atoms with van der Waals surface area (Å²) in [5.41, 5.74) is 0.767. The molecule has 0 aliphatic rings. The molecule has 5 nitrogen and oxygen atoms in total. The summed E-state index contributed by atoms with van der Waals surface area (Å²) in [5.74, 6) is -0.399. The highest BCUT2D eigenvalue weighted by Crippen LogP contribution is 2.26. The Morgan fingerprint density at radius 2 is 2.20 bits per heavy atom. The summed E-state index contributed by atoms with van der Waals surface area (Å²) in [7, 11) is 0. The Kier molecular flexibility index (Phi) is 7.16. The average molecular weight is 361 g/mol. The van der Waals surface area contributed by atoms with Gasteiger partial charge in [0.25, 0.3) is 5.56 Å². The van der Waals surface area contributed by atoms with Gasteiger partial charge in [-0.15, -0.1) is 0 Å².